The van der Waals surface area contributed by atoms with Gasteiger partial charge < -0.3 is 30.1 Å². The van der Waals surface area contributed by atoms with Crippen LogP contribution in [-0.2, 0) is 26.1 Å². The zero-order valence-electron chi connectivity index (χ0n) is 21.7. The van der Waals surface area contributed by atoms with Gasteiger partial charge in [-0.1, -0.05) is 29.8 Å². The molecule has 1 aromatic carbocycles. The standard InChI is InChI=1S/C23H33ClN6O7S/c1-28(2)38(34,35)30-22(29-11-7-9-16(14-29)26-23(32)33)17(12-15-8-5-6-10-18(15)24)20(27-30)21(31)25-13-19(36-3)37-4/h5-6,8,10,16,19,26H,7,9,11-14H2,1-4H3,(H,25,31)(H,32,33)/t16-/m1/s1. The fourth-order valence-electron chi connectivity index (χ4n) is 4.21. The molecular formula is C23H33ClN6O7S. The van der Waals surface area contributed by atoms with Crippen LogP contribution in [0.15, 0.2) is 24.3 Å². The average Bonchev–Trinajstić information content (AvgIpc) is 3.25. The number of hydrogen-bond donors (Lipinski definition) is 3. The Morgan fingerprint density at radius 1 is 1.26 bits per heavy atom. The summed E-state index contributed by atoms with van der Waals surface area (Å²) in [4.78, 5) is 26.4. The van der Waals surface area contributed by atoms with Crippen molar-refractivity contribution >= 4 is 39.6 Å². The van der Waals surface area contributed by atoms with E-state index in [0.717, 1.165) is 8.39 Å². The summed E-state index contributed by atoms with van der Waals surface area (Å²) >= 11 is 6.44. The monoisotopic (exact) mass is 572 g/mol. The highest BCUT2D eigenvalue weighted by atomic mass is 35.5. The molecule has 1 aliphatic heterocycles. The number of nitrogens with one attached hydrogen (secondary N) is 2. The third-order valence-electron chi connectivity index (χ3n) is 6.15. The quantitative estimate of drug-likeness (QED) is 0.338. The second-order valence-corrected chi connectivity index (χ2v) is 11.3. The zero-order chi connectivity index (χ0) is 28.0. The summed E-state index contributed by atoms with van der Waals surface area (Å²) in [5.41, 5.74) is 0.892. The van der Waals surface area contributed by atoms with E-state index < -0.39 is 34.5 Å². The smallest absolute Gasteiger partial charge is 0.404 e. The van der Waals surface area contributed by atoms with Gasteiger partial charge in [0.2, 0.25) is 0 Å². The topological polar surface area (TPSA) is 155 Å². The highest BCUT2D eigenvalue weighted by molar-refractivity contribution is 7.87. The van der Waals surface area contributed by atoms with Crippen LogP contribution in [0, 0.1) is 0 Å². The molecule has 1 atom stereocenters. The lowest BCUT2D eigenvalue weighted by atomic mass is 10.0. The van der Waals surface area contributed by atoms with Crippen LogP contribution in [0.25, 0.3) is 0 Å². The van der Waals surface area contributed by atoms with E-state index in [4.69, 9.17) is 21.1 Å². The number of piperidine rings is 1. The molecule has 1 saturated heterocycles. The first kappa shape index (κ1) is 29.6. The van der Waals surface area contributed by atoms with E-state index in [1.807, 2.05) is 0 Å². The van der Waals surface area contributed by atoms with Gasteiger partial charge in [-0.2, -0.15) is 12.7 Å². The first-order valence-electron chi connectivity index (χ1n) is 11.9. The first-order valence-corrected chi connectivity index (χ1v) is 13.6. The minimum atomic E-state index is -4.18. The van der Waals surface area contributed by atoms with Gasteiger partial charge in [0.1, 0.15) is 5.82 Å². The number of nitrogens with zero attached hydrogens (tertiary/aromatic N) is 4. The minimum Gasteiger partial charge on any atom is -0.465 e. The maximum absolute atomic E-state index is 13.4. The zero-order valence-corrected chi connectivity index (χ0v) is 23.3. The van der Waals surface area contributed by atoms with E-state index in [-0.39, 0.29) is 31.0 Å². The molecule has 0 spiro atoms. The number of carbonyl (C=O) groups is 2. The number of ether oxygens (including phenoxy) is 2. The second-order valence-electron chi connectivity index (χ2n) is 8.90. The fraction of sp³-hybridized carbons (Fsp3) is 0.522. The summed E-state index contributed by atoms with van der Waals surface area (Å²) in [5, 5.41) is 19.1. The van der Waals surface area contributed by atoms with Gasteiger partial charge in [0.25, 0.3) is 5.91 Å². The SMILES string of the molecule is COC(CNC(=O)c1nn(S(=O)(=O)N(C)C)c(N2CCC[C@@H](NC(=O)O)C2)c1Cc1ccccc1Cl)OC. The van der Waals surface area contributed by atoms with Gasteiger partial charge in [0.05, 0.1) is 6.54 Å². The minimum absolute atomic E-state index is 0.00564. The lowest BCUT2D eigenvalue weighted by Gasteiger charge is -2.35. The summed E-state index contributed by atoms with van der Waals surface area (Å²) in [5.74, 6) is -0.451. The fourth-order valence-corrected chi connectivity index (χ4v) is 5.35. The van der Waals surface area contributed by atoms with Crippen LogP contribution in [0.3, 0.4) is 0 Å². The molecule has 0 bridgehead atoms. The van der Waals surface area contributed by atoms with Gasteiger partial charge >= 0.3 is 16.3 Å². The molecule has 2 amide bonds. The molecule has 0 aliphatic carbocycles. The van der Waals surface area contributed by atoms with Crippen molar-refractivity contribution in [2.75, 3.05) is 52.8 Å². The van der Waals surface area contributed by atoms with E-state index in [1.165, 1.54) is 28.3 Å². The summed E-state index contributed by atoms with van der Waals surface area (Å²) in [6, 6.07) is 6.59. The number of rotatable bonds is 11. The molecule has 0 radical (unpaired) electrons. The van der Waals surface area contributed by atoms with Gasteiger partial charge in [-0.15, -0.1) is 9.19 Å². The van der Waals surface area contributed by atoms with Gasteiger partial charge in [0, 0.05) is 64.5 Å². The highest BCUT2D eigenvalue weighted by Crippen LogP contribution is 2.33. The molecule has 210 valence electrons. The molecule has 1 aliphatic rings. The summed E-state index contributed by atoms with van der Waals surface area (Å²) in [7, 11) is 1.40. The van der Waals surface area contributed by atoms with Crippen molar-refractivity contribution in [3.8, 4) is 0 Å². The van der Waals surface area contributed by atoms with Gasteiger partial charge in [-0.25, -0.2) is 4.79 Å². The van der Waals surface area contributed by atoms with Crippen LogP contribution in [-0.4, -0.2) is 99.3 Å². The number of methoxy groups -OCH3 is 2. The number of anilines is 1. The van der Waals surface area contributed by atoms with Crippen LogP contribution in [0.4, 0.5) is 10.6 Å². The Bertz CT molecular complexity index is 1250. The molecule has 2 aromatic rings. The Kier molecular flexibility index (Phi) is 9.95. The predicted molar refractivity (Wildman–Crippen MR) is 141 cm³/mol. The van der Waals surface area contributed by atoms with Crippen LogP contribution in [0.2, 0.25) is 5.02 Å². The normalized spacial score (nSPS) is 16.2. The molecule has 15 heteroatoms. The molecule has 0 saturated carbocycles. The van der Waals surface area contributed by atoms with Gasteiger partial charge in [0.15, 0.2) is 12.0 Å². The third kappa shape index (κ3) is 6.74. The number of amides is 2. The van der Waals surface area contributed by atoms with E-state index >= 15 is 0 Å². The number of benzene rings is 1. The Morgan fingerprint density at radius 2 is 1.95 bits per heavy atom. The molecular weight excluding hydrogens is 540 g/mol. The van der Waals surface area contributed by atoms with Crippen molar-refractivity contribution in [2.45, 2.75) is 31.6 Å². The molecule has 13 nitrogen and oxygen atoms in total. The highest BCUT2D eigenvalue weighted by Gasteiger charge is 2.35. The summed E-state index contributed by atoms with van der Waals surface area (Å²) < 4.78 is 38.9. The van der Waals surface area contributed by atoms with Gasteiger partial charge in [-0.05, 0) is 24.5 Å². The van der Waals surface area contributed by atoms with Crippen LogP contribution < -0.4 is 15.5 Å². The molecule has 3 rings (SSSR count). The molecule has 0 unspecified atom stereocenters. The number of halogens is 1. The van der Waals surface area contributed by atoms with E-state index in [9.17, 15) is 23.1 Å². The lowest BCUT2D eigenvalue weighted by Crippen LogP contribution is -2.48. The van der Waals surface area contributed by atoms with Crippen molar-refractivity contribution in [1.82, 2.24) is 24.1 Å². The van der Waals surface area contributed by atoms with E-state index in [0.29, 0.717) is 35.5 Å². The number of carboxylic acid groups (broad SMARTS) is 1. The average molecular weight is 573 g/mol. The Morgan fingerprint density at radius 3 is 2.55 bits per heavy atom. The molecule has 1 aromatic heterocycles. The van der Waals surface area contributed by atoms with Crippen molar-refractivity contribution in [3.63, 3.8) is 0 Å². The third-order valence-corrected chi connectivity index (χ3v) is 8.13. The maximum atomic E-state index is 13.4. The van der Waals surface area contributed by atoms with E-state index in [2.05, 4.69) is 15.7 Å². The van der Waals surface area contributed by atoms with E-state index in [1.54, 1.807) is 29.2 Å². The molecule has 3 N–H and O–H groups in total. The molecule has 38 heavy (non-hydrogen) atoms. The van der Waals surface area contributed by atoms with Gasteiger partial charge in [-0.3, -0.25) is 4.79 Å². The second kappa shape index (κ2) is 12.8. The summed E-state index contributed by atoms with van der Waals surface area (Å²) in [6.45, 7) is 0.611. The van der Waals surface area contributed by atoms with Crippen LogP contribution in [0.5, 0.6) is 0 Å². The first-order chi connectivity index (χ1) is 18.0. The Hall–Kier alpha value is -2.91. The van der Waals surface area contributed by atoms with Crippen molar-refractivity contribution in [3.05, 3.63) is 46.1 Å². The van der Waals surface area contributed by atoms with Crippen molar-refractivity contribution in [2.24, 2.45) is 0 Å². The van der Waals surface area contributed by atoms with Crippen molar-refractivity contribution < 1.29 is 32.6 Å². The predicted octanol–water partition coefficient (Wildman–Crippen LogP) is 1.37. The Labute approximate surface area is 226 Å². The number of aromatic nitrogens is 2. The summed E-state index contributed by atoms with van der Waals surface area (Å²) in [6.07, 6.45) is -0.614. The molecule has 1 fully saturated rings. The molecule has 2 heterocycles. The lowest BCUT2D eigenvalue weighted by molar-refractivity contribution is -0.0974. The number of hydrogen-bond acceptors (Lipinski definition) is 8. The van der Waals surface area contributed by atoms with Crippen LogP contribution >= 0.6 is 11.6 Å². The number of carbonyl (C=O) groups excluding carboxylic acids is 1. The van der Waals surface area contributed by atoms with Crippen LogP contribution in [0.1, 0.15) is 34.5 Å². The largest absolute Gasteiger partial charge is 0.465 e. The Balaban J connectivity index is 2.18. The van der Waals surface area contributed by atoms with Crippen molar-refractivity contribution in [1.29, 1.82) is 0 Å². The maximum Gasteiger partial charge on any atom is 0.404 e.